The second kappa shape index (κ2) is 13.8. The molecule has 11 nitrogen and oxygen atoms in total. The van der Waals surface area contributed by atoms with Crippen molar-refractivity contribution in [2.75, 3.05) is 25.0 Å². The third kappa shape index (κ3) is 6.81. The van der Waals surface area contributed by atoms with Crippen molar-refractivity contribution < 1.29 is 18.7 Å². The average Bonchev–Trinajstić information content (AvgIpc) is 3.74. The third-order valence-electron chi connectivity index (χ3n) is 9.54. The zero-order valence-corrected chi connectivity index (χ0v) is 28.0. The third-order valence-corrected chi connectivity index (χ3v) is 9.54. The summed E-state index contributed by atoms with van der Waals surface area (Å²) in [5, 5.41) is 20.1. The lowest BCUT2D eigenvalue weighted by Crippen LogP contribution is -2.33. The van der Waals surface area contributed by atoms with Crippen LogP contribution in [0.1, 0.15) is 51.4 Å². The van der Waals surface area contributed by atoms with E-state index in [2.05, 4.69) is 36.0 Å². The number of hydrogen-bond acceptors (Lipinski definition) is 8. The first kappa shape index (κ1) is 32.3. The molecule has 12 heteroatoms. The molecule has 3 aromatic heterocycles. The van der Waals surface area contributed by atoms with Crippen LogP contribution in [0.3, 0.4) is 0 Å². The number of amides is 1. The average molecular weight is 683 g/mol. The maximum absolute atomic E-state index is 14.3. The predicted molar refractivity (Wildman–Crippen MR) is 190 cm³/mol. The number of pyridine rings is 1. The number of aromatic amines is 1. The molecule has 2 aliphatic heterocycles. The van der Waals surface area contributed by atoms with E-state index in [-0.39, 0.29) is 24.2 Å². The highest BCUT2D eigenvalue weighted by Gasteiger charge is 2.24. The SMILES string of the molecule is Cc1cc(NC(=O)c2ccc3c(c2)nc(CN2CC=C(c4cccc(OCc5ccc(C#N)cc5F)n4)CC2)n3C[C@@H]2CCO2)cc2cn[nH]c12. The lowest BCUT2D eigenvalue weighted by Gasteiger charge is -2.29. The zero-order valence-electron chi connectivity index (χ0n) is 28.0. The Morgan fingerprint density at radius 3 is 2.84 bits per heavy atom. The molecule has 0 saturated carbocycles. The van der Waals surface area contributed by atoms with E-state index >= 15 is 0 Å². The number of imidazole rings is 1. The molecule has 2 aliphatic rings. The molecule has 0 bridgehead atoms. The number of nitriles is 1. The van der Waals surface area contributed by atoms with E-state index in [1.807, 2.05) is 55.5 Å². The van der Waals surface area contributed by atoms with Gasteiger partial charge in [0.2, 0.25) is 5.88 Å². The van der Waals surface area contributed by atoms with Crippen LogP contribution in [0.15, 0.2) is 79.0 Å². The molecule has 51 heavy (non-hydrogen) atoms. The fraction of sp³-hybridized carbons (Fsp3) is 0.256. The van der Waals surface area contributed by atoms with Gasteiger partial charge in [0.25, 0.3) is 5.91 Å². The van der Waals surface area contributed by atoms with Crippen LogP contribution in [0.2, 0.25) is 0 Å². The molecule has 1 saturated heterocycles. The molecule has 1 atom stereocenters. The maximum Gasteiger partial charge on any atom is 0.255 e. The second-order valence-electron chi connectivity index (χ2n) is 13.0. The molecular weight excluding hydrogens is 647 g/mol. The second-order valence-corrected chi connectivity index (χ2v) is 13.0. The molecule has 5 heterocycles. The summed E-state index contributed by atoms with van der Waals surface area (Å²) in [7, 11) is 0. The summed E-state index contributed by atoms with van der Waals surface area (Å²) in [6.45, 7) is 5.65. The number of fused-ring (bicyclic) bond motifs is 2. The van der Waals surface area contributed by atoms with Crippen molar-refractivity contribution in [1.29, 1.82) is 5.26 Å². The lowest BCUT2D eigenvalue weighted by atomic mass is 10.0. The van der Waals surface area contributed by atoms with Crippen LogP contribution in [-0.2, 0) is 24.4 Å². The van der Waals surface area contributed by atoms with Gasteiger partial charge in [-0.2, -0.15) is 10.4 Å². The van der Waals surface area contributed by atoms with Crippen molar-refractivity contribution in [1.82, 2.24) is 29.6 Å². The minimum Gasteiger partial charge on any atom is -0.473 e. The van der Waals surface area contributed by atoms with Crippen LogP contribution >= 0.6 is 0 Å². The van der Waals surface area contributed by atoms with Gasteiger partial charge in [0, 0.05) is 48.0 Å². The summed E-state index contributed by atoms with van der Waals surface area (Å²) in [6, 6.07) is 21.4. The number of carbonyl (C=O) groups excluding carboxylic acids is 1. The number of carbonyl (C=O) groups is 1. The van der Waals surface area contributed by atoms with E-state index in [1.54, 1.807) is 24.4 Å². The van der Waals surface area contributed by atoms with Gasteiger partial charge < -0.3 is 19.4 Å². The topological polar surface area (TPSA) is 134 Å². The van der Waals surface area contributed by atoms with Gasteiger partial charge in [-0.15, -0.1) is 0 Å². The number of anilines is 1. The first-order chi connectivity index (χ1) is 24.9. The molecule has 0 spiro atoms. The van der Waals surface area contributed by atoms with Crippen LogP contribution in [-0.4, -0.2) is 61.3 Å². The Labute approximate surface area is 293 Å². The predicted octanol–water partition coefficient (Wildman–Crippen LogP) is 6.54. The van der Waals surface area contributed by atoms with E-state index < -0.39 is 5.82 Å². The van der Waals surface area contributed by atoms with Gasteiger partial charge >= 0.3 is 0 Å². The number of aromatic nitrogens is 5. The summed E-state index contributed by atoms with van der Waals surface area (Å²) in [6.07, 6.45) is 5.88. The van der Waals surface area contributed by atoms with Gasteiger partial charge in [-0.3, -0.25) is 14.8 Å². The standard InChI is InChI=1S/C39H35FN8O3/c1-24-15-30(17-29-20-42-46-38(24)29)43-39(49)27-7-8-35-34(18-27)44-36(48(35)21-31-11-14-50-31)22-47-12-9-26(10-13-47)33-3-2-4-37(45-33)51-23-28-6-5-25(19-41)16-32(28)40/h2-9,15-18,20,31H,10-14,21-23H2,1H3,(H,42,46)(H,43,49)/t31-/m0/s1. The summed E-state index contributed by atoms with van der Waals surface area (Å²) in [4.78, 5) is 25.4. The largest absolute Gasteiger partial charge is 0.473 e. The Balaban J connectivity index is 0.962. The number of aryl methyl sites for hydroxylation is 1. The fourth-order valence-corrected chi connectivity index (χ4v) is 6.64. The van der Waals surface area contributed by atoms with Crippen molar-refractivity contribution in [3.8, 4) is 11.9 Å². The van der Waals surface area contributed by atoms with Crippen molar-refractivity contribution in [2.45, 2.75) is 45.6 Å². The molecule has 1 fully saturated rings. The molecule has 256 valence electrons. The molecule has 2 N–H and O–H groups in total. The summed E-state index contributed by atoms with van der Waals surface area (Å²) in [5.41, 5.74) is 7.53. The number of nitrogens with zero attached hydrogens (tertiary/aromatic N) is 6. The molecule has 8 rings (SSSR count). The smallest absolute Gasteiger partial charge is 0.255 e. The van der Waals surface area contributed by atoms with Crippen LogP contribution < -0.4 is 10.1 Å². The number of halogens is 1. The van der Waals surface area contributed by atoms with Gasteiger partial charge in [0.15, 0.2) is 0 Å². The minimum atomic E-state index is -0.477. The maximum atomic E-state index is 14.3. The normalized spacial score (nSPS) is 16.1. The van der Waals surface area contributed by atoms with E-state index in [0.717, 1.165) is 77.1 Å². The van der Waals surface area contributed by atoms with E-state index in [4.69, 9.17) is 19.7 Å². The van der Waals surface area contributed by atoms with E-state index in [1.165, 1.54) is 6.07 Å². The van der Waals surface area contributed by atoms with E-state index in [0.29, 0.717) is 35.8 Å². The van der Waals surface area contributed by atoms with Gasteiger partial charge in [-0.1, -0.05) is 18.2 Å². The first-order valence-electron chi connectivity index (χ1n) is 17.0. The van der Waals surface area contributed by atoms with Gasteiger partial charge in [0.05, 0.1) is 59.3 Å². The van der Waals surface area contributed by atoms with Crippen molar-refractivity contribution in [3.05, 3.63) is 119 Å². The molecule has 0 aliphatic carbocycles. The molecule has 6 aromatic rings. The summed E-state index contributed by atoms with van der Waals surface area (Å²) < 4.78 is 28.2. The Bertz CT molecular complexity index is 2350. The van der Waals surface area contributed by atoms with Crippen LogP contribution in [0, 0.1) is 24.1 Å². The Kier molecular flexibility index (Phi) is 8.73. The van der Waals surface area contributed by atoms with Crippen LogP contribution in [0.4, 0.5) is 10.1 Å². The Morgan fingerprint density at radius 1 is 1.16 bits per heavy atom. The number of nitrogens with one attached hydrogen (secondary N) is 2. The van der Waals surface area contributed by atoms with Crippen LogP contribution in [0.5, 0.6) is 5.88 Å². The van der Waals surface area contributed by atoms with E-state index in [9.17, 15) is 9.18 Å². The minimum absolute atomic E-state index is 0.0157. The Morgan fingerprint density at radius 2 is 2.06 bits per heavy atom. The first-order valence-corrected chi connectivity index (χ1v) is 17.0. The van der Waals surface area contributed by atoms with Gasteiger partial charge in [0.1, 0.15) is 18.2 Å². The van der Waals surface area contributed by atoms with Crippen molar-refractivity contribution >= 4 is 39.1 Å². The zero-order chi connectivity index (χ0) is 34.9. The molecule has 0 radical (unpaired) electrons. The monoisotopic (exact) mass is 682 g/mol. The number of rotatable bonds is 10. The molecule has 3 aromatic carbocycles. The van der Waals surface area contributed by atoms with Crippen LogP contribution in [0.25, 0.3) is 27.5 Å². The van der Waals surface area contributed by atoms with Gasteiger partial charge in [-0.05, 0) is 79.4 Å². The number of benzene rings is 3. The Hall–Kier alpha value is -5.90. The highest BCUT2D eigenvalue weighted by Crippen LogP contribution is 2.28. The number of H-pyrrole nitrogens is 1. The lowest BCUT2D eigenvalue weighted by molar-refractivity contribution is -0.0591. The summed E-state index contributed by atoms with van der Waals surface area (Å²) >= 11 is 0. The van der Waals surface area contributed by atoms with Crippen molar-refractivity contribution in [3.63, 3.8) is 0 Å². The number of ether oxygens (including phenoxy) is 2. The number of hydrogen-bond donors (Lipinski definition) is 2. The quantitative estimate of drug-likeness (QED) is 0.167. The van der Waals surface area contributed by atoms with Crippen molar-refractivity contribution in [2.24, 2.45) is 0 Å². The fourth-order valence-electron chi connectivity index (χ4n) is 6.64. The highest BCUT2D eigenvalue weighted by molar-refractivity contribution is 6.06. The van der Waals surface area contributed by atoms with Gasteiger partial charge in [-0.25, -0.2) is 14.4 Å². The summed E-state index contributed by atoms with van der Waals surface area (Å²) in [5.74, 6) is 0.666. The molecular formula is C39H35FN8O3. The molecule has 0 unspecified atom stereocenters. The molecule has 1 amide bonds. The highest BCUT2D eigenvalue weighted by atomic mass is 19.1.